The summed E-state index contributed by atoms with van der Waals surface area (Å²) >= 11 is 0. The van der Waals surface area contributed by atoms with E-state index in [-0.39, 0.29) is 5.91 Å². The molecule has 0 atom stereocenters. The standard InChI is InChI=1S/C16H19N3O2/c1-11-4-6-13(16(20)17-2)8-14(11)18-9-12-5-7-15(21-3)19-10-12/h4-8,10,18H,9H2,1-3H3,(H,17,20). The molecule has 0 bridgehead atoms. The lowest BCUT2D eigenvalue weighted by molar-refractivity contribution is 0.0963. The van der Waals surface area contributed by atoms with Crippen LogP contribution in [0.5, 0.6) is 5.88 Å². The molecule has 0 spiro atoms. The van der Waals surface area contributed by atoms with Crippen LogP contribution >= 0.6 is 0 Å². The second-order valence-electron chi connectivity index (χ2n) is 4.67. The van der Waals surface area contributed by atoms with Crippen molar-refractivity contribution in [3.05, 3.63) is 53.2 Å². The summed E-state index contributed by atoms with van der Waals surface area (Å²) in [5.41, 5.74) is 3.70. The summed E-state index contributed by atoms with van der Waals surface area (Å²) < 4.78 is 5.03. The Hall–Kier alpha value is -2.56. The fourth-order valence-corrected chi connectivity index (χ4v) is 1.93. The summed E-state index contributed by atoms with van der Waals surface area (Å²) in [5.74, 6) is 0.501. The van der Waals surface area contributed by atoms with Crippen LogP contribution < -0.4 is 15.4 Å². The molecule has 21 heavy (non-hydrogen) atoms. The van der Waals surface area contributed by atoms with E-state index in [0.29, 0.717) is 18.0 Å². The Morgan fingerprint density at radius 1 is 1.29 bits per heavy atom. The fourth-order valence-electron chi connectivity index (χ4n) is 1.93. The van der Waals surface area contributed by atoms with Gasteiger partial charge in [0.05, 0.1) is 7.11 Å². The van der Waals surface area contributed by atoms with E-state index in [9.17, 15) is 4.79 Å². The van der Waals surface area contributed by atoms with Gasteiger partial charge in [-0.05, 0) is 30.2 Å². The highest BCUT2D eigenvalue weighted by Gasteiger charge is 2.06. The molecule has 0 unspecified atom stereocenters. The highest BCUT2D eigenvalue weighted by molar-refractivity contribution is 5.95. The van der Waals surface area contributed by atoms with Gasteiger partial charge in [-0.15, -0.1) is 0 Å². The first-order valence-electron chi connectivity index (χ1n) is 6.69. The van der Waals surface area contributed by atoms with Crippen LogP contribution in [-0.4, -0.2) is 25.0 Å². The second-order valence-corrected chi connectivity index (χ2v) is 4.67. The third kappa shape index (κ3) is 3.72. The van der Waals surface area contributed by atoms with Crippen molar-refractivity contribution in [2.45, 2.75) is 13.5 Å². The molecule has 0 fully saturated rings. The van der Waals surface area contributed by atoms with Crippen LogP contribution in [-0.2, 0) is 6.54 Å². The number of anilines is 1. The molecule has 2 aromatic rings. The Bertz CT molecular complexity index is 624. The van der Waals surface area contributed by atoms with Gasteiger partial charge < -0.3 is 15.4 Å². The van der Waals surface area contributed by atoms with Gasteiger partial charge >= 0.3 is 0 Å². The summed E-state index contributed by atoms with van der Waals surface area (Å²) in [6.07, 6.45) is 1.77. The van der Waals surface area contributed by atoms with Gasteiger partial charge in [-0.1, -0.05) is 12.1 Å². The van der Waals surface area contributed by atoms with Crippen molar-refractivity contribution in [2.75, 3.05) is 19.5 Å². The number of amides is 1. The molecule has 5 nitrogen and oxygen atoms in total. The number of hydrogen-bond donors (Lipinski definition) is 2. The molecule has 1 amide bonds. The summed E-state index contributed by atoms with van der Waals surface area (Å²) in [6.45, 7) is 2.64. The topological polar surface area (TPSA) is 63.2 Å². The maximum atomic E-state index is 11.7. The zero-order valence-corrected chi connectivity index (χ0v) is 12.4. The molecule has 2 rings (SSSR count). The van der Waals surface area contributed by atoms with Crippen molar-refractivity contribution < 1.29 is 9.53 Å². The van der Waals surface area contributed by atoms with Crippen LogP contribution in [0.2, 0.25) is 0 Å². The van der Waals surface area contributed by atoms with Gasteiger partial charge in [0, 0.05) is 37.1 Å². The van der Waals surface area contributed by atoms with E-state index in [2.05, 4.69) is 15.6 Å². The zero-order chi connectivity index (χ0) is 15.2. The summed E-state index contributed by atoms with van der Waals surface area (Å²) in [6, 6.07) is 9.38. The zero-order valence-electron chi connectivity index (χ0n) is 12.4. The number of methoxy groups -OCH3 is 1. The number of carbonyl (C=O) groups is 1. The maximum absolute atomic E-state index is 11.7. The van der Waals surface area contributed by atoms with Gasteiger partial charge in [0.25, 0.3) is 5.91 Å². The Morgan fingerprint density at radius 3 is 2.71 bits per heavy atom. The van der Waals surface area contributed by atoms with Crippen LogP contribution in [0.15, 0.2) is 36.5 Å². The second kappa shape index (κ2) is 6.74. The number of carbonyl (C=O) groups excluding carboxylic acids is 1. The monoisotopic (exact) mass is 285 g/mol. The fraction of sp³-hybridized carbons (Fsp3) is 0.250. The van der Waals surface area contributed by atoms with E-state index in [0.717, 1.165) is 16.8 Å². The minimum atomic E-state index is -0.0934. The van der Waals surface area contributed by atoms with Gasteiger partial charge in [0.2, 0.25) is 5.88 Å². The maximum Gasteiger partial charge on any atom is 0.251 e. The lowest BCUT2D eigenvalue weighted by atomic mass is 10.1. The van der Waals surface area contributed by atoms with Crippen molar-refractivity contribution in [1.29, 1.82) is 0 Å². The molecule has 0 radical (unpaired) electrons. The van der Waals surface area contributed by atoms with Crippen molar-refractivity contribution in [2.24, 2.45) is 0 Å². The molecule has 0 aliphatic heterocycles. The van der Waals surface area contributed by atoms with Crippen LogP contribution in [0.25, 0.3) is 0 Å². The minimum Gasteiger partial charge on any atom is -0.481 e. The average molecular weight is 285 g/mol. The van der Waals surface area contributed by atoms with E-state index in [1.165, 1.54) is 0 Å². The van der Waals surface area contributed by atoms with Gasteiger partial charge in [0.15, 0.2) is 0 Å². The van der Waals surface area contributed by atoms with E-state index in [1.807, 2.05) is 37.3 Å². The molecule has 1 heterocycles. The highest BCUT2D eigenvalue weighted by atomic mass is 16.5. The van der Waals surface area contributed by atoms with Gasteiger partial charge in [-0.25, -0.2) is 4.98 Å². The molecular formula is C16H19N3O2. The molecule has 0 aliphatic carbocycles. The third-order valence-electron chi connectivity index (χ3n) is 3.22. The van der Waals surface area contributed by atoms with E-state index < -0.39 is 0 Å². The summed E-state index contributed by atoms with van der Waals surface area (Å²) in [4.78, 5) is 15.8. The first-order chi connectivity index (χ1) is 10.1. The molecule has 1 aromatic heterocycles. The Kier molecular flexibility index (Phi) is 4.77. The molecule has 1 aromatic carbocycles. The number of ether oxygens (including phenoxy) is 1. The number of nitrogens with one attached hydrogen (secondary N) is 2. The Balaban J connectivity index is 2.09. The Labute approximate surface area is 124 Å². The molecular weight excluding hydrogens is 266 g/mol. The van der Waals surface area contributed by atoms with Crippen LogP contribution in [0.4, 0.5) is 5.69 Å². The Morgan fingerprint density at radius 2 is 2.10 bits per heavy atom. The summed E-state index contributed by atoms with van der Waals surface area (Å²) in [5, 5.41) is 5.95. The van der Waals surface area contributed by atoms with Gasteiger partial charge in [0.1, 0.15) is 0 Å². The lowest BCUT2D eigenvalue weighted by Crippen LogP contribution is -2.18. The average Bonchev–Trinajstić information content (AvgIpc) is 2.53. The molecule has 0 saturated heterocycles. The number of aromatic nitrogens is 1. The molecule has 0 aliphatic rings. The van der Waals surface area contributed by atoms with Crippen molar-refractivity contribution >= 4 is 11.6 Å². The van der Waals surface area contributed by atoms with E-state index in [4.69, 9.17) is 4.74 Å². The molecule has 5 heteroatoms. The summed E-state index contributed by atoms with van der Waals surface area (Å²) in [7, 11) is 3.21. The van der Waals surface area contributed by atoms with Gasteiger partial charge in [-0.3, -0.25) is 4.79 Å². The number of benzene rings is 1. The molecule has 2 N–H and O–H groups in total. The van der Waals surface area contributed by atoms with Gasteiger partial charge in [-0.2, -0.15) is 0 Å². The van der Waals surface area contributed by atoms with E-state index >= 15 is 0 Å². The van der Waals surface area contributed by atoms with Crippen molar-refractivity contribution in [1.82, 2.24) is 10.3 Å². The number of hydrogen-bond acceptors (Lipinski definition) is 4. The first kappa shape index (κ1) is 14.8. The molecule has 0 saturated carbocycles. The first-order valence-corrected chi connectivity index (χ1v) is 6.69. The van der Waals surface area contributed by atoms with Crippen LogP contribution in [0.1, 0.15) is 21.5 Å². The largest absolute Gasteiger partial charge is 0.481 e. The number of rotatable bonds is 5. The van der Waals surface area contributed by atoms with E-state index in [1.54, 1.807) is 20.4 Å². The predicted molar refractivity (Wildman–Crippen MR) is 82.7 cm³/mol. The quantitative estimate of drug-likeness (QED) is 0.885. The number of pyridine rings is 1. The SMILES string of the molecule is CNC(=O)c1ccc(C)c(NCc2ccc(OC)nc2)c1. The van der Waals surface area contributed by atoms with Crippen molar-refractivity contribution in [3.63, 3.8) is 0 Å². The highest BCUT2D eigenvalue weighted by Crippen LogP contribution is 2.18. The number of nitrogens with zero attached hydrogens (tertiary/aromatic N) is 1. The smallest absolute Gasteiger partial charge is 0.251 e. The van der Waals surface area contributed by atoms with Crippen molar-refractivity contribution in [3.8, 4) is 5.88 Å². The van der Waals surface area contributed by atoms with Crippen LogP contribution in [0.3, 0.4) is 0 Å². The predicted octanol–water partition coefficient (Wildman–Crippen LogP) is 2.37. The molecule has 110 valence electrons. The minimum absolute atomic E-state index is 0.0934. The van der Waals surface area contributed by atoms with Crippen LogP contribution in [0, 0.1) is 6.92 Å². The third-order valence-corrected chi connectivity index (χ3v) is 3.22. The normalized spacial score (nSPS) is 10.0. The number of aryl methyl sites for hydroxylation is 1. The lowest BCUT2D eigenvalue weighted by Gasteiger charge is -2.11.